The summed E-state index contributed by atoms with van der Waals surface area (Å²) >= 11 is 5.26. The summed E-state index contributed by atoms with van der Waals surface area (Å²) in [7, 11) is 0. The van der Waals surface area contributed by atoms with E-state index in [1.54, 1.807) is 0 Å². The molecule has 0 aliphatic carbocycles. The van der Waals surface area contributed by atoms with Crippen molar-refractivity contribution < 1.29 is 24.2 Å². The molecule has 0 bridgehead atoms. The van der Waals surface area contributed by atoms with Crippen molar-refractivity contribution in [2.75, 3.05) is 6.61 Å². The van der Waals surface area contributed by atoms with Crippen molar-refractivity contribution in [3.05, 3.63) is 12.2 Å². The number of hydrogen-bond acceptors (Lipinski definition) is 4. The minimum Gasteiger partial charge on any atom is -0.478 e. The first kappa shape index (κ1) is 14.4. The number of carboxylic acid groups (broad SMARTS) is 1. The molecular weight excluding hydrogens is 238 g/mol. The summed E-state index contributed by atoms with van der Waals surface area (Å²) in [6, 6.07) is 0. The Morgan fingerprint density at radius 2 is 2.00 bits per heavy atom. The zero-order valence-corrected chi connectivity index (χ0v) is 9.49. The largest absolute Gasteiger partial charge is 0.478 e. The highest BCUT2D eigenvalue weighted by Gasteiger charge is 2.16. The molecule has 7 heteroatoms. The van der Waals surface area contributed by atoms with E-state index in [-0.39, 0.29) is 18.6 Å². The molecule has 1 N–H and O–H groups in total. The summed E-state index contributed by atoms with van der Waals surface area (Å²) < 4.78 is 4.91. The molecular formula is C9H12ClNO5. The normalized spacial score (nSPS) is 9.38. The summed E-state index contributed by atoms with van der Waals surface area (Å²) in [6.07, 6.45) is -0.472. The van der Waals surface area contributed by atoms with Gasteiger partial charge in [-0.1, -0.05) is 6.58 Å². The van der Waals surface area contributed by atoms with Crippen molar-refractivity contribution in [1.82, 2.24) is 4.42 Å². The van der Waals surface area contributed by atoms with E-state index in [9.17, 15) is 14.4 Å². The van der Waals surface area contributed by atoms with Gasteiger partial charge in [-0.3, -0.25) is 4.79 Å². The molecule has 0 aliphatic rings. The average molecular weight is 250 g/mol. The summed E-state index contributed by atoms with van der Waals surface area (Å²) in [5, 5.41) is 8.47. The number of amides is 2. The van der Waals surface area contributed by atoms with Crippen molar-refractivity contribution in [3.63, 3.8) is 0 Å². The average Bonchev–Trinajstić information content (AvgIpc) is 2.22. The molecule has 0 aromatic heterocycles. The van der Waals surface area contributed by atoms with Gasteiger partial charge in [0.25, 0.3) is 0 Å². The standard InChI is InChI=1S/C9H12ClNO5/c1-6(8(13)14)4-3-5-16-9(15)11(10)7(2)12/h1,3-5H2,2H3,(H,13,14). The molecule has 2 amide bonds. The van der Waals surface area contributed by atoms with Crippen LogP contribution in [0.25, 0.3) is 0 Å². The van der Waals surface area contributed by atoms with Gasteiger partial charge in [-0.2, -0.15) is 4.42 Å². The molecule has 0 fully saturated rings. The van der Waals surface area contributed by atoms with E-state index in [0.717, 1.165) is 6.92 Å². The summed E-state index contributed by atoms with van der Waals surface area (Å²) in [4.78, 5) is 31.9. The number of imide groups is 1. The van der Waals surface area contributed by atoms with Crippen molar-refractivity contribution >= 4 is 29.7 Å². The van der Waals surface area contributed by atoms with E-state index in [1.807, 2.05) is 0 Å². The van der Waals surface area contributed by atoms with Gasteiger partial charge in [-0.15, -0.1) is 0 Å². The number of ether oxygens (including phenoxy) is 1. The highest BCUT2D eigenvalue weighted by atomic mass is 35.5. The maximum Gasteiger partial charge on any atom is 0.431 e. The van der Waals surface area contributed by atoms with Crippen molar-refractivity contribution in [1.29, 1.82) is 0 Å². The van der Waals surface area contributed by atoms with E-state index >= 15 is 0 Å². The Morgan fingerprint density at radius 3 is 2.44 bits per heavy atom. The Bertz CT molecular complexity index is 315. The second-order valence-electron chi connectivity index (χ2n) is 2.93. The van der Waals surface area contributed by atoms with Crippen molar-refractivity contribution in [2.45, 2.75) is 19.8 Å². The number of carbonyl (C=O) groups is 3. The summed E-state index contributed by atoms with van der Waals surface area (Å²) in [5.41, 5.74) is 0.0327. The van der Waals surface area contributed by atoms with Gasteiger partial charge >= 0.3 is 12.1 Å². The molecule has 0 aromatic rings. The second kappa shape index (κ2) is 6.84. The first-order chi connectivity index (χ1) is 7.36. The fourth-order valence-electron chi connectivity index (χ4n) is 0.737. The Kier molecular flexibility index (Phi) is 6.17. The fourth-order valence-corrected chi connectivity index (χ4v) is 0.786. The third-order valence-corrected chi connectivity index (χ3v) is 1.96. The maximum atomic E-state index is 11.0. The Labute approximate surface area is 97.5 Å². The minimum atomic E-state index is -1.09. The van der Waals surface area contributed by atoms with E-state index < -0.39 is 18.0 Å². The zero-order valence-electron chi connectivity index (χ0n) is 8.73. The lowest BCUT2D eigenvalue weighted by Gasteiger charge is -2.09. The number of aliphatic carboxylic acids is 1. The third kappa shape index (κ3) is 5.35. The lowest BCUT2D eigenvalue weighted by Crippen LogP contribution is -2.27. The molecule has 0 rings (SSSR count). The van der Waals surface area contributed by atoms with E-state index in [4.69, 9.17) is 16.9 Å². The van der Waals surface area contributed by atoms with Crippen LogP contribution in [-0.4, -0.2) is 34.1 Å². The SMILES string of the molecule is C=C(CCCOC(=O)N(Cl)C(C)=O)C(=O)O. The molecule has 16 heavy (non-hydrogen) atoms. The van der Waals surface area contributed by atoms with Gasteiger partial charge in [0.05, 0.1) is 6.61 Å². The van der Waals surface area contributed by atoms with Crippen LogP contribution in [0.15, 0.2) is 12.2 Å². The highest BCUT2D eigenvalue weighted by Crippen LogP contribution is 2.04. The van der Waals surface area contributed by atoms with Gasteiger partial charge in [-0.05, 0) is 12.8 Å². The number of carbonyl (C=O) groups excluding carboxylic acids is 2. The van der Waals surface area contributed by atoms with Crippen LogP contribution in [0, 0.1) is 0 Å². The van der Waals surface area contributed by atoms with Crippen LogP contribution >= 0.6 is 11.8 Å². The van der Waals surface area contributed by atoms with Crippen molar-refractivity contribution in [2.24, 2.45) is 0 Å². The number of carboxylic acids is 1. The fraction of sp³-hybridized carbons (Fsp3) is 0.444. The Hall–Kier alpha value is -1.56. The molecule has 0 aliphatic heterocycles. The predicted molar refractivity (Wildman–Crippen MR) is 55.7 cm³/mol. The van der Waals surface area contributed by atoms with E-state index in [1.165, 1.54) is 0 Å². The van der Waals surface area contributed by atoms with Crippen molar-refractivity contribution in [3.8, 4) is 0 Å². The quantitative estimate of drug-likeness (QED) is 0.454. The molecule has 0 heterocycles. The summed E-state index contributed by atoms with van der Waals surface area (Å²) in [5.74, 6) is -1.74. The molecule has 90 valence electrons. The monoisotopic (exact) mass is 249 g/mol. The van der Waals surface area contributed by atoms with Gasteiger partial charge in [-0.25, -0.2) is 9.59 Å². The van der Waals surface area contributed by atoms with E-state index in [2.05, 4.69) is 11.3 Å². The van der Waals surface area contributed by atoms with Crippen LogP contribution in [0.2, 0.25) is 0 Å². The first-order valence-electron chi connectivity index (χ1n) is 4.40. The van der Waals surface area contributed by atoms with Gasteiger partial charge in [0.2, 0.25) is 5.91 Å². The Morgan fingerprint density at radius 1 is 1.44 bits per heavy atom. The van der Waals surface area contributed by atoms with Gasteiger partial charge in [0.15, 0.2) is 0 Å². The summed E-state index contributed by atoms with van der Waals surface area (Å²) in [6.45, 7) is 4.39. The van der Waals surface area contributed by atoms with Crippen LogP contribution in [0.1, 0.15) is 19.8 Å². The number of rotatable bonds is 5. The Balaban J connectivity index is 3.75. The zero-order chi connectivity index (χ0) is 12.7. The molecule has 0 spiro atoms. The smallest absolute Gasteiger partial charge is 0.431 e. The molecule has 0 radical (unpaired) electrons. The number of hydrogen-bond donors (Lipinski definition) is 1. The third-order valence-electron chi connectivity index (χ3n) is 1.59. The molecule has 6 nitrogen and oxygen atoms in total. The minimum absolute atomic E-state index is 0.0262. The number of halogens is 1. The molecule has 0 saturated heterocycles. The van der Waals surface area contributed by atoms with Crippen LogP contribution in [0.5, 0.6) is 0 Å². The maximum absolute atomic E-state index is 11.0. The van der Waals surface area contributed by atoms with Gasteiger partial charge < -0.3 is 9.84 Å². The highest BCUT2D eigenvalue weighted by molar-refractivity contribution is 6.28. The first-order valence-corrected chi connectivity index (χ1v) is 4.74. The molecule has 0 atom stereocenters. The van der Waals surface area contributed by atoms with Crippen LogP contribution in [-0.2, 0) is 14.3 Å². The lowest BCUT2D eigenvalue weighted by molar-refractivity contribution is -0.132. The van der Waals surface area contributed by atoms with E-state index in [0.29, 0.717) is 10.8 Å². The molecule has 0 aromatic carbocycles. The van der Waals surface area contributed by atoms with Crippen LogP contribution in [0.3, 0.4) is 0 Å². The topological polar surface area (TPSA) is 83.9 Å². The second-order valence-corrected chi connectivity index (χ2v) is 3.26. The predicted octanol–water partition coefficient (Wildman–Crippen LogP) is 1.55. The van der Waals surface area contributed by atoms with Gasteiger partial charge in [0.1, 0.15) is 0 Å². The number of nitrogens with zero attached hydrogens (tertiary/aromatic N) is 1. The van der Waals surface area contributed by atoms with Gasteiger partial charge in [0, 0.05) is 24.3 Å². The van der Waals surface area contributed by atoms with Crippen LogP contribution in [0.4, 0.5) is 4.79 Å². The lowest BCUT2D eigenvalue weighted by atomic mass is 10.2. The molecule has 0 saturated carbocycles. The molecule has 0 unspecified atom stereocenters. The van der Waals surface area contributed by atoms with Crippen LogP contribution < -0.4 is 0 Å².